The van der Waals surface area contributed by atoms with E-state index in [0.29, 0.717) is 19.4 Å². The van der Waals surface area contributed by atoms with Crippen LogP contribution in [0.5, 0.6) is 0 Å². The second-order valence-electron chi connectivity index (χ2n) is 4.79. The van der Waals surface area contributed by atoms with Gasteiger partial charge in [0.25, 0.3) is 0 Å². The Bertz CT molecular complexity index is 555. The molecule has 1 unspecified atom stereocenters. The summed E-state index contributed by atoms with van der Waals surface area (Å²) < 4.78 is 27.0. The van der Waals surface area contributed by atoms with Gasteiger partial charge < -0.3 is 10.4 Å². The lowest BCUT2D eigenvalue weighted by Gasteiger charge is -2.16. The maximum atomic E-state index is 12.2. The average Bonchev–Trinajstić information content (AvgIpc) is 2.45. The van der Waals surface area contributed by atoms with Crippen LogP contribution in [0.4, 0.5) is 0 Å². The molecule has 0 fully saturated rings. The molecule has 3 N–H and O–H groups in total. The predicted molar refractivity (Wildman–Crippen MR) is 80.1 cm³/mol. The molecule has 7 heteroatoms. The Morgan fingerprint density at radius 3 is 2.38 bits per heavy atom. The van der Waals surface area contributed by atoms with Gasteiger partial charge in [-0.25, -0.2) is 13.1 Å². The second kappa shape index (κ2) is 8.11. The van der Waals surface area contributed by atoms with E-state index in [1.165, 1.54) is 19.1 Å². The number of rotatable bonds is 8. The van der Waals surface area contributed by atoms with E-state index in [2.05, 4.69) is 10.0 Å². The van der Waals surface area contributed by atoms with Crippen molar-refractivity contribution in [2.75, 3.05) is 6.61 Å². The van der Waals surface area contributed by atoms with Crippen LogP contribution in [0.25, 0.3) is 0 Å². The number of hydrogen-bond acceptors (Lipinski definition) is 4. The average molecular weight is 314 g/mol. The molecule has 21 heavy (non-hydrogen) atoms. The van der Waals surface area contributed by atoms with E-state index in [1.807, 2.05) is 6.92 Å². The molecule has 0 saturated heterocycles. The number of nitrogens with one attached hydrogen (secondary N) is 2. The van der Waals surface area contributed by atoms with Gasteiger partial charge in [-0.1, -0.05) is 19.1 Å². The lowest BCUT2D eigenvalue weighted by molar-refractivity contribution is -0.119. The van der Waals surface area contributed by atoms with Crippen molar-refractivity contribution < 1.29 is 18.3 Å². The first-order valence-electron chi connectivity index (χ1n) is 6.85. The highest BCUT2D eigenvalue weighted by atomic mass is 32.2. The highest BCUT2D eigenvalue weighted by Crippen LogP contribution is 2.12. The van der Waals surface area contributed by atoms with Gasteiger partial charge in [0, 0.05) is 26.1 Å². The van der Waals surface area contributed by atoms with E-state index >= 15 is 0 Å². The molecule has 0 aliphatic heterocycles. The number of sulfonamides is 1. The molecule has 1 aromatic carbocycles. The van der Waals surface area contributed by atoms with Crippen molar-refractivity contribution >= 4 is 15.9 Å². The molecule has 118 valence electrons. The number of carbonyl (C=O) groups is 1. The largest absolute Gasteiger partial charge is 0.396 e. The van der Waals surface area contributed by atoms with Crippen molar-refractivity contribution in [1.29, 1.82) is 0 Å². The molecule has 1 aromatic rings. The van der Waals surface area contributed by atoms with E-state index in [-0.39, 0.29) is 23.5 Å². The molecule has 1 rings (SSSR count). The number of benzene rings is 1. The minimum absolute atomic E-state index is 0.0588. The van der Waals surface area contributed by atoms with Gasteiger partial charge in [0.2, 0.25) is 15.9 Å². The third-order valence-corrected chi connectivity index (χ3v) is 4.60. The van der Waals surface area contributed by atoms with Crippen LogP contribution in [0, 0.1) is 0 Å². The summed E-state index contributed by atoms with van der Waals surface area (Å²) in [5.74, 6) is -0.136. The van der Waals surface area contributed by atoms with E-state index in [4.69, 9.17) is 5.11 Å². The Labute approximate surface area is 125 Å². The molecule has 0 heterocycles. The van der Waals surface area contributed by atoms with Crippen LogP contribution in [-0.4, -0.2) is 32.1 Å². The summed E-state index contributed by atoms with van der Waals surface area (Å²) >= 11 is 0. The van der Waals surface area contributed by atoms with Gasteiger partial charge >= 0.3 is 0 Å². The van der Waals surface area contributed by atoms with Crippen molar-refractivity contribution in [3.05, 3.63) is 29.8 Å². The summed E-state index contributed by atoms with van der Waals surface area (Å²) in [4.78, 5) is 11.0. The SMILES string of the molecule is CCC(CCO)NS(=O)(=O)c1ccc(CNC(C)=O)cc1. The molecule has 0 aliphatic rings. The van der Waals surface area contributed by atoms with Gasteiger partial charge in [-0.3, -0.25) is 4.79 Å². The van der Waals surface area contributed by atoms with Gasteiger partial charge in [-0.2, -0.15) is 0 Å². The van der Waals surface area contributed by atoms with E-state index in [0.717, 1.165) is 5.56 Å². The van der Waals surface area contributed by atoms with Gasteiger partial charge in [-0.15, -0.1) is 0 Å². The Balaban J connectivity index is 2.77. The first kappa shape index (κ1) is 17.6. The Kier molecular flexibility index (Phi) is 6.80. The van der Waals surface area contributed by atoms with Gasteiger partial charge in [0.05, 0.1) is 4.90 Å². The van der Waals surface area contributed by atoms with Crippen molar-refractivity contribution in [2.24, 2.45) is 0 Å². The van der Waals surface area contributed by atoms with Gasteiger partial charge in [0.1, 0.15) is 0 Å². The fourth-order valence-corrected chi connectivity index (χ4v) is 3.16. The molecule has 0 bridgehead atoms. The summed E-state index contributed by atoms with van der Waals surface area (Å²) in [6, 6.07) is 6.06. The lowest BCUT2D eigenvalue weighted by atomic mass is 10.2. The van der Waals surface area contributed by atoms with Crippen LogP contribution in [0.15, 0.2) is 29.2 Å². The Hall–Kier alpha value is -1.44. The lowest BCUT2D eigenvalue weighted by Crippen LogP contribution is -2.35. The molecular weight excluding hydrogens is 292 g/mol. The summed E-state index contributed by atoms with van der Waals surface area (Å²) in [7, 11) is -3.59. The zero-order valence-corrected chi connectivity index (χ0v) is 13.1. The summed E-state index contributed by atoms with van der Waals surface area (Å²) in [5.41, 5.74) is 0.826. The van der Waals surface area contributed by atoms with E-state index in [1.54, 1.807) is 12.1 Å². The quantitative estimate of drug-likeness (QED) is 0.660. The maximum Gasteiger partial charge on any atom is 0.240 e. The van der Waals surface area contributed by atoms with Crippen LogP contribution in [0.1, 0.15) is 32.3 Å². The molecule has 0 radical (unpaired) electrons. The Morgan fingerprint density at radius 1 is 1.29 bits per heavy atom. The van der Waals surface area contributed by atoms with Crippen LogP contribution in [-0.2, 0) is 21.4 Å². The molecule has 0 aromatic heterocycles. The van der Waals surface area contributed by atoms with Crippen LogP contribution >= 0.6 is 0 Å². The van der Waals surface area contributed by atoms with Crippen molar-refractivity contribution in [3.63, 3.8) is 0 Å². The van der Waals surface area contributed by atoms with Gasteiger partial charge in [0.15, 0.2) is 0 Å². The zero-order chi connectivity index (χ0) is 15.9. The maximum absolute atomic E-state index is 12.2. The topological polar surface area (TPSA) is 95.5 Å². The second-order valence-corrected chi connectivity index (χ2v) is 6.51. The molecule has 6 nitrogen and oxygen atoms in total. The van der Waals surface area contributed by atoms with Crippen LogP contribution < -0.4 is 10.0 Å². The number of hydrogen-bond donors (Lipinski definition) is 3. The summed E-state index contributed by atoms with van der Waals surface area (Å²) in [6.45, 7) is 3.59. The molecule has 0 saturated carbocycles. The van der Waals surface area contributed by atoms with Crippen molar-refractivity contribution in [2.45, 2.75) is 44.2 Å². The monoisotopic (exact) mass is 314 g/mol. The molecule has 1 amide bonds. The van der Waals surface area contributed by atoms with E-state index < -0.39 is 10.0 Å². The number of aliphatic hydroxyl groups is 1. The fourth-order valence-electron chi connectivity index (χ4n) is 1.80. The normalized spacial score (nSPS) is 12.9. The van der Waals surface area contributed by atoms with Crippen LogP contribution in [0.3, 0.4) is 0 Å². The number of amides is 1. The molecule has 0 aliphatic carbocycles. The highest BCUT2D eigenvalue weighted by Gasteiger charge is 2.18. The summed E-state index contributed by atoms with van der Waals surface area (Å²) in [6.07, 6.45) is 0.997. The van der Waals surface area contributed by atoms with Gasteiger partial charge in [-0.05, 0) is 30.5 Å². The van der Waals surface area contributed by atoms with E-state index in [9.17, 15) is 13.2 Å². The predicted octanol–water partition coefficient (Wildman–Crippen LogP) is 0.762. The van der Waals surface area contributed by atoms with Crippen molar-refractivity contribution in [1.82, 2.24) is 10.0 Å². The fraction of sp³-hybridized carbons (Fsp3) is 0.500. The molecule has 1 atom stereocenters. The standard InChI is InChI=1S/C14H22N2O4S/c1-3-13(8-9-17)16-21(19,20)14-6-4-12(5-7-14)10-15-11(2)18/h4-7,13,16-17H,3,8-10H2,1-2H3,(H,15,18). The molecular formula is C14H22N2O4S. The smallest absolute Gasteiger partial charge is 0.240 e. The zero-order valence-electron chi connectivity index (χ0n) is 12.3. The first-order chi connectivity index (χ1) is 9.89. The number of carbonyl (C=O) groups excluding carboxylic acids is 1. The Morgan fingerprint density at radius 2 is 1.90 bits per heavy atom. The third kappa shape index (κ3) is 5.82. The first-order valence-corrected chi connectivity index (χ1v) is 8.34. The van der Waals surface area contributed by atoms with Crippen molar-refractivity contribution in [3.8, 4) is 0 Å². The summed E-state index contributed by atoms with van der Waals surface area (Å²) in [5, 5.41) is 11.6. The number of aliphatic hydroxyl groups excluding tert-OH is 1. The highest BCUT2D eigenvalue weighted by molar-refractivity contribution is 7.89. The third-order valence-electron chi connectivity index (χ3n) is 3.07. The minimum atomic E-state index is -3.59. The minimum Gasteiger partial charge on any atom is -0.396 e. The molecule has 0 spiro atoms. The van der Waals surface area contributed by atoms with Crippen LogP contribution in [0.2, 0.25) is 0 Å².